The van der Waals surface area contributed by atoms with Crippen molar-refractivity contribution in [2.45, 2.75) is 38.2 Å². The van der Waals surface area contributed by atoms with Crippen molar-refractivity contribution in [2.24, 2.45) is 11.3 Å². The van der Waals surface area contributed by atoms with E-state index in [1.807, 2.05) is 0 Å². The zero-order chi connectivity index (χ0) is 8.77. The number of hydrogen-bond donors (Lipinski definition) is 2. The van der Waals surface area contributed by atoms with Crippen molar-refractivity contribution in [1.29, 1.82) is 0 Å². The highest BCUT2D eigenvalue weighted by atomic mass is 16.4. The molecule has 0 aromatic carbocycles. The molecule has 3 atom stereocenters. The summed E-state index contributed by atoms with van der Waals surface area (Å²) in [5, 5.41) is 18.7. The van der Waals surface area contributed by atoms with E-state index in [0.29, 0.717) is 25.2 Å². The zero-order valence-corrected chi connectivity index (χ0v) is 6.99. The van der Waals surface area contributed by atoms with Gasteiger partial charge in [0.15, 0.2) is 0 Å². The predicted octanol–water partition coefficient (Wildman–Crippen LogP) is 1.01. The molecule has 2 N–H and O–H groups in total. The monoisotopic (exact) mass is 170 g/mol. The highest BCUT2D eigenvalue weighted by molar-refractivity contribution is 5.76. The van der Waals surface area contributed by atoms with Gasteiger partial charge in [0.1, 0.15) is 0 Å². The first-order valence-corrected chi connectivity index (χ1v) is 4.56. The van der Waals surface area contributed by atoms with Gasteiger partial charge in [-0.3, -0.25) is 4.79 Å². The summed E-state index contributed by atoms with van der Waals surface area (Å²) in [6, 6.07) is 0. The van der Waals surface area contributed by atoms with Gasteiger partial charge in [-0.1, -0.05) is 0 Å². The molecule has 0 amide bonds. The van der Waals surface area contributed by atoms with Crippen LogP contribution in [0.5, 0.6) is 0 Å². The van der Waals surface area contributed by atoms with E-state index >= 15 is 0 Å². The second kappa shape index (κ2) is 2.46. The molecular formula is C9H14O3. The second-order valence-electron chi connectivity index (χ2n) is 4.16. The number of carboxylic acid groups (broad SMARTS) is 1. The normalized spacial score (nSPS) is 46.1. The number of fused-ring (bicyclic) bond motifs is 2. The van der Waals surface area contributed by atoms with Gasteiger partial charge in [-0.2, -0.15) is 0 Å². The van der Waals surface area contributed by atoms with Gasteiger partial charge >= 0.3 is 5.97 Å². The maximum atomic E-state index is 11.0. The summed E-state index contributed by atoms with van der Waals surface area (Å²) in [5.41, 5.74) is -0.775. The van der Waals surface area contributed by atoms with Crippen LogP contribution in [0.1, 0.15) is 32.1 Å². The number of aliphatic carboxylic acids is 1. The van der Waals surface area contributed by atoms with E-state index in [2.05, 4.69) is 0 Å². The highest BCUT2D eigenvalue weighted by Crippen LogP contribution is 2.51. The Morgan fingerprint density at radius 3 is 2.67 bits per heavy atom. The first-order chi connectivity index (χ1) is 5.65. The molecule has 12 heavy (non-hydrogen) atoms. The standard InChI is InChI=1S/C9H14O3/c10-7-2-1-6-3-4-9(7,5-6)8(11)12/h6-7,10H,1-5H2,(H,11,12)/t6-,7-,9?/m1/s1. The molecule has 1 unspecified atom stereocenters. The topological polar surface area (TPSA) is 57.5 Å². The Morgan fingerprint density at radius 2 is 2.08 bits per heavy atom. The molecule has 2 aliphatic carbocycles. The third kappa shape index (κ3) is 0.891. The Kier molecular flexibility index (Phi) is 1.65. The van der Waals surface area contributed by atoms with Crippen LogP contribution in [0, 0.1) is 11.3 Å². The molecule has 0 aliphatic heterocycles. The molecule has 0 heterocycles. The predicted molar refractivity (Wildman–Crippen MR) is 42.7 cm³/mol. The van der Waals surface area contributed by atoms with Crippen molar-refractivity contribution in [1.82, 2.24) is 0 Å². The maximum Gasteiger partial charge on any atom is 0.312 e. The van der Waals surface area contributed by atoms with Crippen LogP contribution in [-0.4, -0.2) is 22.3 Å². The van der Waals surface area contributed by atoms with E-state index in [1.54, 1.807) is 0 Å². The first-order valence-electron chi connectivity index (χ1n) is 4.56. The molecule has 0 saturated heterocycles. The van der Waals surface area contributed by atoms with Crippen LogP contribution >= 0.6 is 0 Å². The Morgan fingerprint density at radius 1 is 1.33 bits per heavy atom. The lowest BCUT2D eigenvalue weighted by Gasteiger charge is -2.33. The summed E-state index contributed by atoms with van der Waals surface area (Å²) in [7, 11) is 0. The number of aliphatic hydroxyl groups is 1. The smallest absolute Gasteiger partial charge is 0.312 e. The fourth-order valence-electron chi connectivity index (χ4n) is 2.74. The van der Waals surface area contributed by atoms with Crippen molar-refractivity contribution in [2.75, 3.05) is 0 Å². The summed E-state index contributed by atoms with van der Waals surface area (Å²) >= 11 is 0. The molecular weight excluding hydrogens is 156 g/mol. The Hall–Kier alpha value is -0.570. The van der Waals surface area contributed by atoms with Gasteiger partial charge in [0.25, 0.3) is 0 Å². The quantitative estimate of drug-likeness (QED) is 0.617. The molecule has 3 nitrogen and oxygen atoms in total. The van der Waals surface area contributed by atoms with Crippen molar-refractivity contribution in [3.05, 3.63) is 0 Å². The third-order valence-corrected chi connectivity index (χ3v) is 3.56. The van der Waals surface area contributed by atoms with Crippen LogP contribution < -0.4 is 0 Å². The van der Waals surface area contributed by atoms with Crippen LogP contribution in [-0.2, 0) is 4.79 Å². The lowest BCUT2D eigenvalue weighted by Crippen LogP contribution is -2.42. The Labute approximate surface area is 71.4 Å². The van der Waals surface area contributed by atoms with E-state index in [9.17, 15) is 9.90 Å². The van der Waals surface area contributed by atoms with E-state index in [1.165, 1.54) is 0 Å². The number of carbonyl (C=O) groups is 1. The summed E-state index contributed by atoms with van der Waals surface area (Å²) in [6.07, 6.45) is 3.45. The van der Waals surface area contributed by atoms with Gasteiger partial charge in [0.05, 0.1) is 11.5 Å². The molecule has 3 heteroatoms. The average Bonchev–Trinajstić information content (AvgIpc) is 2.39. The van der Waals surface area contributed by atoms with Crippen LogP contribution in [0.15, 0.2) is 0 Å². The SMILES string of the molecule is O=C(O)C12CC[C@@H](CC[C@H]1O)C2. The van der Waals surface area contributed by atoms with Gasteiger partial charge in [0, 0.05) is 0 Å². The fourth-order valence-corrected chi connectivity index (χ4v) is 2.74. The number of hydrogen-bond acceptors (Lipinski definition) is 2. The molecule has 2 fully saturated rings. The van der Waals surface area contributed by atoms with Crippen LogP contribution in [0.4, 0.5) is 0 Å². The molecule has 0 aromatic heterocycles. The van der Waals surface area contributed by atoms with Crippen LogP contribution in [0.25, 0.3) is 0 Å². The van der Waals surface area contributed by atoms with E-state index in [0.717, 1.165) is 12.8 Å². The van der Waals surface area contributed by atoms with Crippen molar-refractivity contribution in [3.8, 4) is 0 Å². The van der Waals surface area contributed by atoms with E-state index in [-0.39, 0.29) is 0 Å². The van der Waals surface area contributed by atoms with Gasteiger partial charge in [-0.05, 0) is 38.0 Å². The number of carboxylic acids is 1. The van der Waals surface area contributed by atoms with Gasteiger partial charge in [-0.25, -0.2) is 0 Å². The molecule has 2 rings (SSSR count). The summed E-state index contributed by atoms with van der Waals surface area (Å²) < 4.78 is 0. The summed E-state index contributed by atoms with van der Waals surface area (Å²) in [5.74, 6) is -0.235. The Balaban J connectivity index is 2.27. The molecule has 0 aromatic rings. The average molecular weight is 170 g/mol. The minimum Gasteiger partial charge on any atom is -0.481 e. The zero-order valence-electron chi connectivity index (χ0n) is 6.99. The van der Waals surface area contributed by atoms with Gasteiger partial charge < -0.3 is 10.2 Å². The molecule has 68 valence electrons. The van der Waals surface area contributed by atoms with Gasteiger partial charge in [0.2, 0.25) is 0 Å². The molecule has 0 radical (unpaired) electrons. The maximum absolute atomic E-state index is 11.0. The number of rotatable bonds is 1. The molecule has 2 bridgehead atoms. The Bertz CT molecular complexity index is 214. The molecule has 2 saturated carbocycles. The molecule has 0 spiro atoms. The largest absolute Gasteiger partial charge is 0.481 e. The van der Waals surface area contributed by atoms with Gasteiger partial charge in [-0.15, -0.1) is 0 Å². The van der Waals surface area contributed by atoms with Crippen LogP contribution in [0.3, 0.4) is 0 Å². The minimum atomic E-state index is -0.794. The van der Waals surface area contributed by atoms with Crippen molar-refractivity contribution in [3.63, 3.8) is 0 Å². The fraction of sp³-hybridized carbons (Fsp3) is 0.889. The summed E-state index contributed by atoms with van der Waals surface area (Å²) in [4.78, 5) is 11.0. The van der Waals surface area contributed by atoms with E-state index < -0.39 is 17.5 Å². The lowest BCUT2D eigenvalue weighted by molar-refractivity contribution is -0.158. The lowest BCUT2D eigenvalue weighted by atomic mass is 9.73. The van der Waals surface area contributed by atoms with Crippen molar-refractivity contribution >= 4 is 5.97 Å². The second-order valence-corrected chi connectivity index (χ2v) is 4.16. The number of aliphatic hydroxyl groups excluding tert-OH is 1. The van der Waals surface area contributed by atoms with E-state index in [4.69, 9.17) is 5.11 Å². The highest BCUT2D eigenvalue weighted by Gasteiger charge is 2.53. The van der Waals surface area contributed by atoms with Crippen molar-refractivity contribution < 1.29 is 15.0 Å². The first kappa shape index (κ1) is 8.05. The molecule has 2 aliphatic rings. The van der Waals surface area contributed by atoms with Crippen LogP contribution in [0.2, 0.25) is 0 Å². The minimum absolute atomic E-state index is 0.560. The summed E-state index contributed by atoms with van der Waals surface area (Å²) in [6.45, 7) is 0. The third-order valence-electron chi connectivity index (χ3n) is 3.56.